The molecule has 2 saturated heterocycles. The molecule has 0 spiro atoms. The van der Waals surface area contributed by atoms with Crippen molar-refractivity contribution in [2.75, 3.05) is 46.0 Å². The highest BCUT2D eigenvalue weighted by atomic mass is 35.5. The Morgan fingerprint density at radius 2 is 1.89 bits per heavy atom. The van der Waals surface area contributed by atoms with Crippen LogP contribution in [0.5, 0.6) is 5.75 Å². The number of unbranched alkanes of at least 4 members (excludes halogenated alkanes) is 1. The Bertz CT molecular complexity index is 1230. The van der Waals surface area contributed by atoms with Crippen LogP contribution in [0.25, 0.3) is 17.2 Å². The van der Waals surface area contributed by atoms with Crippen LogP contribution in [-0.2, 0) is 14.3 Å². The fraction of sp³-hybridized carbons (Fsp3) is 0.370. The second-order valence-corrected chi connectivity index (χ2v) is 11.4. The Morgan fingerprint density at radius 3 is 2.63 bits per heavy atom. The van der Waals surface area contributed by atoms with Crippen LogP contribution < -0.4 is 4.74 Å². The van der Waals surface area contributed by atoms with Gasteiger partial charge in [0.25, 0.3) is 5.91 Å². The predicted molar refractivity (Wildman–Crippen MR) is 156 cm³/mol. The summed E-state index contributed by atoms with van der Waals surface area (Å²) in [6.07, 6.45) is 2.94. The molecule has 0 unspecified atom stereocenters. The lowest BCUT2D eigenvalue weighted by molar-refractivity contribution is -0.137. The molecule has 0 saturated carbocycles. The first-order valence-electron chi connectivity index (χ1n) is 12.3. The number of hydrogen-bond acceptors (Lipinski definition) is 7. The Balaban J connectivity index is 1.53. The molecule has 0 aromatic heterocycles. The maximum atomic E-state index is 13.0. The van der Waals surface area contributed by atoms with Crippen molar-refractivity contribution in [2.45, 2.75) is 19.3 Å². The van der Waals surface area contributed by atoms with Gasteiger partial charge in [0.05, 0.1) is 23.1 Å². The summed E-state index contributed by atoms with van der Waals surface area (Å²) in [5.74, 6) is -0.335. The lowest BCUT2D eigenvalue weighted by atomic mass is 10.0. The number of carbonyl (C=O) groups excluding carboxylic acids is 1. The molecule has 0 aliphatic carbocycles. The lowest BCUT2D eigenvalue weighted by Crippen LogP contribution is -2.38. The lowest BCUT2D eigenvalue weighted by Gasteiger charge is -2.26. The van der Waals surface area contributed by atoms with Gasteiger partial charge in [-0.05, 0) is 48.7 Å². The van der Waals surface area contributed by atoms with E-state index in [2.05, 4.69) is 4.90 Å². The number of carboxylic acid groups (broad SMARTS) is 1. The third-order valence-corrected chi connectivity index (χ3v) is 8.11. The minimum atomic E-state index is -0.847. The Labute approximate surface area is 241 Å². The molecule has 2 fully saturated rings. The number of carbonyl (C=O) groups is 2. The van der Waals surface area contributed by atoms with Crippen molar-refractivity contribution in [2.24, 2.45) is 0 Å². The number of amides is 1. The smallest absolute Gasteiger partial charge is 0.303 e. The number of rotatable bonds is 11. The molecule has 38 heavy (non-hydrogen) atoms. The average Bonchev–Trinajstić information content (AvgIpc) is 3.15. The molecule has 0 atom stereocenters. The number of nitrogens with zero attached hydrogens (tertiary/aromatic N) is 2. The Kier molecular flexibility index (Phi) is 10.5. The van der Waals surface area contributed by atoms with Gasteiger partial charge in [-0.3, -0.25) is 19.4 Å². The highest BCUT2D eigenvalue weighted by molar-refractivity contribution is 8.26. The third-order valence-electron chi connectivity index (χ3n) is 6.19. The zero-order valence-corrected chi connectivity index (χ0v) is 23.8. The second kappa shape index (κ2) is 13.8. The van der Waals surface area contributed by atoms with Crippen LogP contribution in [0.2, 0.25) is 10.0 Å². The molecule has 11 heteroatoms. The average molecular weight is 596 g/mol. The van der Waals surface area contributed by atoms with Crippen LogP contribution in [0, 0.1) is 0 Å². The van der Waals surface area contributed by atoms with Crippen molar-refractivity contribution in [3.63, 3.8) is 0 Å². The Hall–Kier alpha value is -2.14. The number of benzene rings is 2. The van der Waals surface area contributed by atoms with Gasteiger partial charge in [-0.1, -0.05) is 59.3 Å². The van der Waals surface area contributed by atoms with Crippen LogP contribution in [0.4, 0.5) is 0 Å². The Morgan fingerprint density at radius 1 is 1.11 bits per heavy atom. The number of ether oxygens (including phenoxy) is 2. The van der Waals surface area contributed by atoms with E-state index in [1.54, 1.807) is 18.2 Å². The van der Waals surface area contributed by atoms with Crippen LogP contribution in [0.15, 0.2) is 41.3 Å². The molecule has 2 aliphatic heterocycles. The van der Waals surface area contributed by atoms with Crippen molar-refractivity contribution in [3.05, 3.63) is 56.9 Å². The number of thiocarbonyl (C=S) groups is 1. The number of carboxylic acids is 1. The van der Waals surface area contributed by atoms with Gasteiger partial charge in [0, 0.05) is 48.7 Å². The van der Waals surface area contributed by atoms with Crippen LogP contribution in [-0.4, -0.2) is 77.1 Å². The van der Waals surface area contributed by atoms with E-state index in [0.717, 1.165) is 49.5 Å². The SMILES string of the molecule is O=C(O)CCCCN1C(=O)C(=Cc2ccc(OCCN3CCOCC3)c(-c3ccc(Cl)cc3Cl)c2)SC1=S. The molecule has 0 radical (unpaired) electrons. The van der Waals surface area contributed by atoms with Crippen LogP contribution >= 0.6 is 47.2 Å². The van der Waals surface area contributed by atoms with Gasteiger partial charge in [0.15, 0.2) is 0 Å². The minimum absolute atomic E-state index is 0.0710. The molecule has 2 heterocycles. The van der Waals surface area contributed by atoms with Gasteiger partial charge in [0.2, 0.25) is 0 Å². The second-order valence-electron chi connectivity index (χ2n) is 8.87. The van der Waals surface area contributed by atoms with Crippen molar-refractivity contribution < 1.29 is 24.2 Å². The van der Waals surface area contributed by atoms with Crippen LogP contribution in [0.1, 0.15) is 24.8 Å². The van der Waals surface area contributed by atoms with E-state index >= 15 is 0 Å². The maximum absolute atomic E-state index is 13.0. The monoisotopic (exact) mass is 594 g/mol. The maximum Gasteiger partial charge on any atom is 0.303 e. The first kappa shape index (κ1) is 28.9. The number of halogens is 2. The predicted octanol–water partition coefficient (Wildman–Crippen LogP) is 5.83. The molecule has 2 aromatic carbocycles. The number of hydrogen-bond donors (Lipinski definition) is 1. The molecule has 1 amide bonds. The molecule has 7 nitrogen and oxygen atoms in total. The summed E-state index contributed by atoms with van der Waals surface area (Å²) in [5.41, 5.74) is 2.38. The van der Waals surface area contributed by atoms with Gasteiger partial charge in [-0.2, -0.15) is 0 Å². The largest absolute Gasteiger partial charge is 0.492 e. The summed E-state index contributed by atoms with van der Waals surface area (Å²) < 4.78 is 12.1. The van der Waals surface area contributed by atoms with E-state index in [-0.39, 0.29) is 12.3 Å². The third kappa shape index (κ3) is 7.71. The fourth-order valence-corrected chi connectivity index (χ4v) is 6.00. The van der Waals surface area contributed by atoms with Gasteiger partial charge in [0.1, 0.15) is 16.7 Å². The quantitative estimate of drug-likeness (QED) is 0.198. The summed E-state index contributed by atoms with van der Waals surface area (Å²) in [6, 6.07) is 11.1. The summed E-state index contributed by atoms with van der Waals surface area (Å²) in [6.45, 7) is 4.93. The van der Waals surface area contributed by atoms with E-state index in [1.807, 2.05) is 24.3 Å². The van der Waals surface area contributed by atoms with Gasteiger partial charge < -0.3 is 14.6 Å². The van der Waals surface area contributed by atoms with E-state index in [0.29, 0.717) is 51.0 Å². The van der Waals surface area contributed by atoms with Gasteiger partial charge in [-0.25, -0.2) is 0 Å². The molecule has 2 aliphatic rings. The zero-order chi connectivity index (χ0) is 27.1. The first-order chi connectivity index (χ1) is 18.3. The van der Waals surface area contributed by atoms with E-state index in [9.17, 15) is 9.59 Å². The van der Waals surface area contributed by atoms with Crippen LogP contribution in [0.3, 0.4) is 0 Å². The van der Waals surface area contributed by atoms with E-state index < -0.39 is 5.97 Å². The number of morpholine rings is 1. The minimum Gasteiger partial charge on any atom is -0.492 e. The summed E-state index contributed by atoms with van der Waals surface area (Å²) in [4.78, 5) is 28.1. The standard InChI is InChI=1S/C27H28Cl2N2O5S2/c28-19-5-6-20(22(29)17-19)21-15-18(4-7-23(21)36-14-11-30-9-12-35-13-10-30)16-24-26(34)31(27(37)38-24)8-2-1-3-25(32)33/h4-7,15-17H,1-3,8-14H2,(H,32,33). The molecule has 4 rings (SSSR count). The molecular weight excluding hydrogens is 567 g/mol. The van der Waals surface area contributed by atoms with Gasteiger partial charge >= 0.3 is 5.97 Å². The summed E-state index contributed by atoms with van der Waals surface area (Å²) in [7, 11) is 0. The fourth-order valence-electron chi connectivity index (χ4n) is 4.18. The summed E-state index contributed by atoms with van der Waals surface area (Å²) in [5, 5.41) is 9.87. The summed E-state index contributed by atoms with van der Waals surface area (Å²) >= 11 is 19.4. The molecule has 202 valence electrons. The van der Waals surface area contributed by atoms with E-state index in [1.165, 1.54) is 16.7 Å². The molecule has 2 aromatic rings. The molecule has 1 N–H and O–H groups in total. The van der Waals surface area contributed by atoms with Crippen molar-refractivity contribution in [1.29, 1.82) is 0 Å². The zero-order valence-electron chi connectivity index (χ0n) is 20.7. The van der Waals surface area contributed by atoms with Gasteiger partial charge in [-0.15, -0.1) is 0 Å². The topological polar surface area (TPSA) is 79.3 Å². The number of thioether (sulfide) groups is 1. The van der Waals surface area contributed by atoms with Crippen molar-refractivity contribution in [1.82, 2.24) is 9.80 Å². The highest BCUT2D eigenvalue weighted by Gasteiger charge is 2.31. The van der Waals surface area contributed by atoms with Crippen molar-refractivity contribution >= 4 is 69.5 Å². The normalized spacial score (nSPS) is 17.4. The molecule has 0 bridgehead atoms. The molecular formula is C27H28Cl2N2O5S2. The highest BCUT2D eigenvalue weighted by Crippen LogP contribution is 2.39. The van der Waals surface area contributed by atoms with Crippen molar-refractivity contribution in [3.8, 4) is 16.9 Å². The first-order valence-corrected chi connectivity index (χ1v) is 14.3. The number of aliphatic carboxylic acids is 1. The van der Waals surface area contributed by atoms with E-state index in [4.69, 9.17) is 50.0 Å².